The Balaban J connectivity index is 1.59. The highest BCUT2D eigenvalue weighted by atomic mass is 19.2. The van der Waals surface area contributed by atoms with Crippen molar-refractivity contribution in [2.24, 2.45) is 0 Å². The molecule has 2 heterocycles. The predicted molar refractivity (Wildman–Crippen MR) is 100 cm³/mol. The van der Waals surface area contributed by atoms with Gasteiger partial charge in [0.05, 0.1) is 11.7 Å². The van der Waals surface area contributed by atoms with E-state index in [0.717, 1.165) is 12.1 Å². The quantitative estimate of drug-likeness (QED) is 0.650. The van der Waals surface area contributed by atoms with Crippen LogP contribution in [0, 0.1) is 11.6 Å². The number of benzene rings is 1. The van der Waals surface area contributed by atoms with E-state index >= 15 is 0 Å². The Bertz CT molecular complexity index is 742. The zero-order valence-electron chi connectivity index (χ0n) is 16.5. The van der Waals surface area contributed by atoms with E-state index in [9.17, 15) is 28.9 Å². The number of hydrogen-bond acceptors (Lipinski definition) is 6. The van der Waals surface area contributed by atoms with Crippen molar-refractivity contribution in [1.82, 2.24) is 9.80 Å². The lowest BCUT2D eigenvalue weighted by atomic mass is 9.86. The van der Waals surface area contributed by atoms with Gasteiger partial charge in [0.2, 0.25) is 5.91 Å². The summed E-state index contributed by atoms with van der Waals surface area (Å²) in [5.74, 6) is -2.02. The lowest BCUT2D eigenvalue weighted by molar-refractivity contribution is -0.152. The fraction of sp³-hybridized carbons (Fsp3) is 0.650. The molecule has 2 fully saturated rings. The highest BCUT2D eigenvalue weighted by molar-refractivity contribution is 5.73. The van der Waals surface area contributed by atoms with Gasteiger partial charge in [-0.15, -0.1) is 0 Å². The van der Waals surface area contributed by atoms with E-state index in [1.807, 2.05) is 4.90 Å². The van der Waals surface area contributed by atoms with Gasteiger partial charge in [-0.3, -0.25) is 9.69 Å². The first kappa shape index (κ1) is 21.9. The van der Waals surface area contributed by atoms with Crippen LogP contribution >= 0.6 is 0 Å². The minimum atomic E-state index is -1.61. The van der Waals surface area contributed by atoms with Crippen molar-refractivity contribution < 1.29 is 33.6 Å². The third-order valence-electron chi connectivity index (χ3n) is 5.87. The normalized spacial score (nSPS) is 27.7. The first-order valence-electron chi connectivity index (χ1n) is 9.79. The van der Waals surface area contributed by atoms with Crippen LogP contribution in [0.25, 0.3) is 0 Å². The molecule has 0 spiro atoms. The molecule has 2 saturated heterocycles. The number of ether oxygens (including phenoxy) is 1. The minimum absolute atomic E-state index is 0.0168. The number of nitrogens with zero attached hydrogens (tertiary/aromatic N) is 2. The van der Waals surface area contributed by atoms with E-state index in [2.05, 4.69) is 0 Å². The van der Waals surface area contributed by atoms with Crippen LogP contribution in [0.1, 0.15) is 26.2 Å². The van der Waals surface area contributed by atoms with Crippen molar-refractivity contribution in [3.05, 3.63) is 29.8 Å². The Morgan fingerprint density at radius 3 is 2.52 bits per heavy atom. The van der Waals surface area contributed by atoms with Gasteiger partial charge in [-0.05, 0) is 31.4 Å². The Morgan fingerprint density at radius 2 is 1.90 bits per heavy atom. The van der Waals surface area contributed by atoms with E-state index in [0.29, 0.717) is 39.0 Å². The number of halogens is 2. The SMILES string of the molecule is CC(=O)N1CCC(O)(CN2CC[C@H](O)[C@@](O)(COc3ccc(F)c(F)c3)C2)CC1. The fourth-order valence-corrected chi connectivity index (χ4v) is 4.01. The maximum absolute atomic E-state index is 13.3. The summed E-state index contributed by atoms with van der Waals surface area (Å²) in [5, 5.41) is 32.1. The number of carbonyl (C=O) groups excluding carboxylic acids is 1. The molecule has 2 aliphatic rings. The van der Waals surface area contributed by atoms with Crippen LogP contribution in [-0.4, -0.2) is 87.7 Å². The van der Waals surface area contributed by atoms with Gasteiger partial charge in [-0.2, -0.15) is 0 Å². The second-order valence-corrected chi connectivity index (χ2v) is 8.21. The number of piperidine rings is 2. The summed E-state index contributed by atoms with van der Waals surface area (Å²) >= 11 is 0. The molecular weight excluding hydrogens is 386 g/mol. The topological polar surface area (TPSA) is 93.5 Å². The molecule has 2 atom stereocenters. The zero-order chi connectivity index (χ0) is 21.2. The second kappa shape index (κ2) is 8.51. The van der Waals surface area contributed by atoms with Crippen LogP contribution in [0.4, 0.5) is 8.78 Å². The van der Waals surface area contributed by atoms with Crippen molar-refractivity contribution in [3.63, 3.8) is 0 Å². The largest absolute Gasteiger partial charge is 0.490 e. The molecule has 0 aromatic heterocycles. The zero-order valence-corrected chi connectivity index (χ0v) is 16.5. The summed E-state index contributed by atoms with van der Waals surface area (Å²) in [7, 11) is 0. The molecule has 1 aromatic rings. The number of β-amino-alcohol motifs (C(OH)–C–C–N with tert-alkyl or cyclic N) is 2. The third kappa shape index (κ3) is 5.22. The van der Waals surface area contributed by atoms with Crippen molar-refractivity contribution >= 4 is 5.91 Å². The molecule has 1 aromatic carbocycles. The number of aliphatic hydroxyl groups excluding tert-OH is 1. The van der Waals surface area contributed by atoms with Crippen molar-refractivity contribution in [2.45, 2.75) is 43.5 Å². The van der Waals surface area contributed by atoms with Gasteiger partial charge in [-0.25, -0.2) is 8.78 Å². The summed E-state index contributed by atoms with van der Waals surface area (Å²) in [6.07, 6.45) is 0.122. The summed E-state index contributed by atoms with van der Waals surface area (Å²) in [6, 6.07) is 3.07. The highest BCUT2D eigenvalue weighted by Gasteiger charge is 2.44. The second-order valence-electron chi connectivity index (χ2n) is 8.21. The molecule has 0 saturated carbocycles. The number of rotatable bonds is 5. The maximum Gasteiger partial charge on any atom is 0.219 e. The molecule has 29 heavy (non-hydrogen) atoms. The molecule has 3 N–H and O–H groups in total. The van der Waals surface area contributed by atoms with Gasteiger partial charge in [0.15, 0.2) is 11.6 Å². The van der Waals surface area contributed by atoms with Crippen LogP contribution in [0.5, 0.6) is 5.75 Å². The van der Waals surface area contributed by atoms with Crippen molar-refractivity contribution in [2.75, 3.05) is 39.3 Å². The monoisotopic (exact) mass is 414 g/mol. The molecule has 1 amide bonds. The Hall–Kier alpha value is -1.81. The highest BCUT2D eigenvalue weighted by Crippen LogP contribution is 2.29. The first-order chi connectivity index (χ1) is 13.6. The van der Waals surface area contributed by atoms with Crippen LogP contribution in [0.3, 0.4) is 0 Å². The van der Waals surface area contributed by atoms with Gasteiger partial charge in [0, 0.05) is 45.7 Å². The molecule has 3 rings (SSSR count). The summed E-state index contributed by atoms with van der Waals surface area (Å²) in [5.41, 5.74) is -2.59. The molecular formula is C20H28F2N2O5. The van der Waals surface area contributed by atoms with Crippen LogP contribution in [0.2, 0.25) is 0 Å². The summed E-state index contributed by atoms with van der Waals surface area (Å²) in [6.45, 7) is 3.02. The minimum Gasteiger partial charge on any atom is -0.490 e. The Kier molecular flexibility index (Phi) is 6.42. The van der Waals surface area contributed by atoms with Crippen molar-refractivity contribution in [3.8, 4) is 5.75 Å². The molecule has 2 aliphatic heterocycles. The van der Waals surface area contributed by atoms with Crippen molar-refractivity contribution in [1.29, 1.82) is 0 Å². The van der Waals surface area contributed by atoms with E-state index in [1.165, 1.54) is 13.0 Å². The Morgan fingerprint density at radius 1 is 1.21 bits per heavy atom. The Labute approximate surface area is 168 Å². The predicted octanol–water partition coefficient (Wildman–Crippen LogP) is 0.515. The summed E-state index contributed by atoms with van der Waals surface area (Å²) in [4.78, 5) is 15.0. The molecule has 0 radical (unpaired) electrons. The molecule has 0 bridgehead atoms. The maximum atomic E-state index is 13.3. The lowest BCUT2D eigenvalue weighted by Crippen LogP contribution is -2.62. The number of aliphatic hydroxyl groups is 3. The molecule has 0 unspecified atom stereocenters. The number of likely N-dealkylation sites (tertiary alicyclic amines) is 2. The number of hydrogen-bond donors (Lipinski definition) is 3. The summed E-state index contributed by atoms with van der Waals surface area (Å²) < 4.78 is 31.8. The van der Waals surface area contributed by atoms with E-state index in [-0.39, 0.29) is 31.2 Å². The van der Waals surface area contributed by atoms with Gasteiger partial charge in [0.1, 0.15) is 18.0 Å². The molecule has 9 heteroatoms. The average molecular weight is 414 g/mol. The standard InChI is InChI=1S/C20H28F2N2O5/c1-14(25)24-8-5-19(27,6-9-24)11-23-7-4-18(26)20(28,12-23)13-29-15-2-3-16(21)17(22)10-15/h2-3,10,18,26-28H,4-9,11-13H2,1H3/t18-,20-/m0/s1. The van der Waals surface area contributed by atoms with Gasteiger partial charge >= 0.3 is 0 Å². The van der Waals surface area contributed by atoms with Crippen LogP contribution in [0.15, 0.2) is 18.2 Å². The van der Waals surface area contributed by atoms with Gasteiger partial charge < -0.3 is 25.0 Å². The number of amides is 1. The third-order valence-corrected chi connectivity index (χ3v) is 5.87. The number of carbonyl (C=O) groups is 1. The first-order valence-corrected chi connectivity index (χ1v) is 9.79. The lowest BCUT2D eigenvalue weighted by Gasteiger charge is -2.46. The van der Waals surface area contributed by atoms with E-state index in [4.69, 9.17) is 4.74 Å². The van der Waals surface area contributed by atoms with E-state index in [1.54, 1.807) is 4.90 Å². The van der Waals surface area contributed by atoms with Gasteiger partial charge in [-0.1, -0.05) is 0 Å². The molecule has 7 nitrogen and oxygen atoms in total. The van der Waals surface area contributed by atoms with Gasteiger partial charge in [0.25, 0.3) is 0 Å². The molecule has 0 aliphatic carbocycles. The van der Waals surface area contributed by atoms with Crippen LogP contribution in [-0.2, 0) is 4.79 Å². The molecule has 162 valence electrons. The average Bonchev–Trinajstić information content (AvgIpc) is 2.66. The fourth-order valence-electron chi connectivity index (χ4n) is 4.01. The van der Waals surface area contributed by atoms with Crippen LogP contribution < -0.4 is 4.74 Å². The van der Waals surface area contributed by atoms with E-state index < -0.39 is 28.9 Å². The smallest absolute Gasteiger partial charge is 0.219 e.